The molecule has 0 fully saturated rings. The Bertz CT molecular complexity index is 306. The molecule has 1 aliphatic heterocycles. The molecule has 0 amide bonds. The quantitative estimate of drug-likeness (QED) is 0.784. The summed E-state index contributed by atoms with van der Waals surface area (Å²) in [4.78, 5) is 4.35. The lowest BCUT2D eigenvalue weighted by molar-refractivity contribution is 0.508. The van der Waals surface area contributed by atoms with Crippen LogP contribution in [0.1, 0.15) is 24.4 Å². The Morgan fingerprint density at radius 1 is 1.54 bits per heavy atom. The molecule has 0 aromatic carbocycles. The first-order valence-corrected chi connectivity index (χ1v) is 5.09. The van der Waals surface area contributed by atoms with Gasteiger partial charge in [0.25, 0.3) is 0 Å². The van der Waals surface area contributed by atoms with E-state index in [1.807, 2.05) is 7.05 Å². The van der Waals surface area contributed by atoms with E-state index in [0.29, 0.717) is 5.15 Å². The fourth-order valence-corrected chi connectivity index (χ4v) is 2.16. The monoisotopic (exact) mass is 199 g/mol. The van der Waals surface area contributed by atoms with E-state index in [4.69, 9.17) is 11.6 Å². The fraction of sp³-hybridized carbons (Fsp3) is 0.667. The van der Waals surface area contributed by atoms with Gasteiger partial charge in [0.05, 0.1) is 12.2 Å². The second-order valence-corrected chi connectivity index (χ2v) is 3.76. The highest BCUT2D eigenvalue weighted by Gasteiger charge is 2.17. The van der Waals surface area contributed by atoms with Gasteiger partial charge in [-0.2, -0.15) is 0 Å². The molecule has 2 heterocycles. The van der Waals surface area contributed by atoms with Crippen LogP contribution < -0.4 is 5.32 Å². The summed E-state index contributed by atoms with van der Waals surface area (Å²) in [7, 11) is 1.93. The Hall–Kier alpha value is -0.540. The van der Waals surface area contributed by atoms with E-state index in [9.17, 15) is 0 Å². The predicted molar refractivity (Wildman–Crippen MR) is 52.9 cm³/mol. The number of fused-ring (bicyclic) bond motifs is 1. The molecule has 3 nitrogen and oxygen atoms in total. The first kappa shape index (κ1) is 9.03. The van der Waals surface area contributed by atoms with Crippen molar-refractivity contribution in [3.05, 3.63) is 16.7 Å². The van der Waals surface area contributed by atoms with Gasteiger partial charge in [-0.3, -0.25) is 0 Å². The first-order valence-electron chi connectivity index (χ1n) is 4.71. The summed E-state index contributed by atoms with van der Waals surface area (Å²) >= 11 is 6.04. The van der Waals surface area contributed by atoms with E-state index in [1.165, 1.54) is 18.5 Å². The molecule has 13 heavy (non-hydrogen) atoms. The van der Waals surface area contributed by atoms with Crippen LogP contribution in [0.25, 0.3) is 0 Å². The molecular weight excluding hydrogens is 186 g/mol. The van der Waals surface area contributed by atoms with E-state index < -0.39 is 0 Å². The zero-order chi connectivity index (χ0) is 9.26. The van der Waals surface area contributed by atoms with E-state index >= 15 is 0 Å². The molecule has 0 bridgehead atoms. The minimum absolute atomic E-state index is 0.699. The van der Waals surface area contributed by atoms with Gasteiger partial charge in [-0.05, 0) is 26.3 Å². The Kier molecular flexibility index (Phi) is 2.56. The third-order valence-corrected chi connectivity index (χ3v) is 2.79. The maximum absolute atomic E-state index is 6.04. The van der Waals surface area contributed by atoms with Gasteiger partial charge in [0.15, 0.2) is 5.15 Å². The Labute approximate surface area is 83.1 Å². The minimum Gasteiger partial charge on any atom is -0.329 e. The molecule has 0 saturated carbocycles. The number of aromatic nitrogens is 2. The SMILES string of the molecule is CNCc1nc(Cl)c2n1CCCC2. The van der Waals surface area contributed by atoms with Gasteiger partial charge in [-0.25, -0.2) is 4.98 Å². The van der Waals surface area contributed by atoms with Crippen molar-refractivity contribution in [1.82, 2.24) is 14.9 Å². The van der Waals surface area contributed by atoms with E-state index in [-0.39, 0.29) is 0 Å². The van der Waals surface area contributed by atoms with Crippen LogP contribution >= 0.6 is 11.6 Å². The highest BCUT2D eigenvalue weighted by atomic mass is 35.5. The van der Waals surface area contributed by atoms with Crippen molar-refractivity contribution in [2.24, 2.45) is 0 Å². The molecule has 4 heteroatoms. The lowest BCUT2D eigenvalue weighted by Gasteiger charge is -2.16. The second-order valence-electron chi connectivity index (χ2n) is 3.40. The Morgan fingerprint density at radius 3 is 3.15 bits per heavy atom. The molecule has 0 aliphatic carbocycles. The van der Waals surface area contributed by atoms with Crippen molar-refractivity contribution >= 4 is 11.6 Å². The summed E-state index contributed by atoms with van der Waals surface area (Å²) in [5, 5.41) is 3.80. The van der Waals surface area contributed by atoms with Gasteiger partial charge >= 0.3 is 0 Å². The first-order chi connectivity index (χ1) is 6.33. The summed E-state index contributed by atoms with van der Waals surface area (Å²) in [6, 6.07) is 0. The summed E-state index contributed by atoms with van der Waals surface area (Å²) < 4.78 is 2.25. The van der Waals surface area contributed by atoms with Crippen molar-refractivity contribution in [1.29, 1.82) is 0 Å². The molecule has 0 spiro atoms. The smallest absolute Gasteiger partial charge is 0.150 e. The second kappa shape index (κ2) is 3.68. The number of nitrogens with one attached hydrogen (secondary N) is 1. The van der Waals surface area contributed by atoms with Crippen LogP contribution in [0.15, 0.2) is 0 Å². The molecule has 2 rings (SSSR count). The molecule has 1 aliphatic rings. The van der Waals surface area contributed by atoms with Crippen molar-refractivity contribution in [3.8, 4) is 0 Å². The predicted octanol–water partition coefficient (Wildman–Crippen LogP) is 1.59. The average molecular weight is 200 g/mol. The molecule has 0 saturated heterocycles. The zero-order valence-electron chi connectivity index (χ0n) is 7.81. The third-order valence-electron chi connectivity index (χ3n) is 2.48. The number of rotatable bonds is 2. The van der Waals surface area contributed by atoms with Gasteiger partial charge in [0.1, 0.15) is 5.82 Å². The highest BCUT2D eigenvalue weighted by molar-refractivity contribution is 6.30. The number of halogens is 1. The average Bonchev–Trinajstić information content (AvgIpc) is 2.46. The maximum atomic E-state index is 6.04. The Balaban J connectivity index is 2.36. The molecule has 1 aromatic heterocycles. The van der Waals surface area contributed by atoms with Crippen molar-refractivity contribution in [3.63, 3.8) is 0 Å². The molecule has 0 atom stereocenters. The van der Waals surface area contributed by atoms with E-state index in [0.717, 1.165) is 25.3 Å². The molecule has 0 radical (unpaired) electrons. The van der Waals surface area contributed by atoms with Crippen LogP contribution in [0, 0.1) is 0 Å². The van der Waals surface area contributed by atoms with E-state index in [1.54, 1.807) is 0 Å². The van der Waals surface area contributed by atoms with Crippen LogP contribution in [0.5, 0.6) is 0 Å². The lowest BCUT2D eigenvalue weighted by atomic mass is 10.1. The zero-order valence-corrected chi connectivity index (χ0v) is 8.56. The third kappa shape index (κ3) is 1.58. The van der Waals surface area contributed by atoms with Gasteiger partial charge < -0.3 is 9.88 Å². The minimum atomic E-state index is 0.699. The molecule has 1 aromatic rings. The van der Waals surface area contributed by atoms with Crippen LogP contribution in [-0.4, -0.2) is 16.6 Å². The van der Waals surface area contributed by atoms with E-state index in [2.05, 4.69) is 14.9 Å². The largest absolute Gasteiger partial charge is 0.329 e. The summed E-state index contributed by atoms with van der Waals surface area (Å²) in [6.07, 6.45) is 3.57. The maximum Gasteiger partial charge on any atom is 0.150 e. The van der Waals surface area contributed by atoms with Gasteiger partial charge in [0, 0.05) is 6.54 Å². The molecule has 1 N–H and O–H groups in total. The van der Waals surface area contributed by atoms with Gasteiger partial charge in [0.2, 0.25) is 0 Å². The van der Waals surface area contributed by atoms with Crippen molar-refractivity contribution in [2.75, 3.05) is 7.05 Å². The molecule has 72 valence electrons. The van der Waals surface area contributed by atoms with Gasteiger partial charge in [-0.15, -0.1) is 0 Å². The summed E-state index contributed by atoms with van der Waals surface area (Å²) in [5.74, 6) is 1.07. The highest BCUT2D eigenvalue weighted by Crippen LogP contribution is 2.23. The van der Waals surface area contributed by atoms with Crippen molar-refractivity contribution < 1.29 is 0 Å². The summed E-state index contributed by atoms with van der Waals surface area (Å²) in [6.45, 7) is 1.88. The normalized spacial score (nSPS) is 15.8. The van der Waals surface area contributed by atoms with Crippen LogP contribution in [0.4, 0.5) is 0 Å². The van der Waals surface area contributed by atoms with Crippen LogP contribution in [0.2, 0.25) is 5.15 Å². The number of hydrogen-bond donors (Lipinski definition) is 1. The summed E-state index contributed by atoms with van der Waals surface area (Å²) in [5.41, 5.74) is 1.22. The number of nitrogens with zero attached hydrogens (tertiary/aromatic N) is 2. The Morgan fingerprint density at radius 2 is 2.38 bits per heavy atom. The molecular formula is C9H14ClN3. The fourth-order valence-electron chi connectivity index (χ4n) is 1.86. The van der Waals surface area contributed by atoms with Gasteiger partial charge in [-0.1, -0.05) is 11.6 Å². The lowest BCUT2D eigenvalue weighted by Crippen LogP contribution is -2.16. The molecule has 0 unspecified atom stereocenters. The standard InChI is InChI=1S/C9H14ClN3/c1-11-6-8-12-9(10)7-4-2-3-5-13(7)8/h11H,2-6H2,1H3. The number of hydrogen-bond acceptors (Lipinski definition) is 2. The topological polar surface area (TPSA) is 29.9 Å². The van der Waals surface area contributed by atoms with Crippen molar-refractivity contribution in [2.45, 2.75) is 32.4 Å². The van der Waals surface area contributed by atoms with Crippen LogP contribution in [0.3, 0.4) is 0 Å². The van der Waals surface area contributed by atoms with Crippen LogP contribution in [-0.2, 0) is 19.5 Å². The number of imidazole rings is 1.